The highest BCUT2D eigenvalue weighted by molar-refractivity contribution is 14.1. The Morgan fingerprint density at radius 3 is 1.61 bits per heavy atom. The van der Waals surface area contributed by atoms with Gasteiger partial charge in [-0.15, -0.1) is 0 Å². The Hall–Kier alpha value is -0.960. The lowest BCUT2D eigenvalue weighted by molar-refractivity contribution is -0.398. The van der Waals surface area contributed by atoms with E-state index in [4.69, 9.17) is 9.47 Å². The van der Waals surface area contributed by atoms with Crippen LogP contribution in [0.3, 0.4) is 0 Å². The van der Waals surface area contributed by atoms with Gasteiger partial charge in [-0.1, -0.05) is 22.6 Å². The lowest BCUT2D eigenvalue weighted by Gasteiger charge is -2.35. The second-order valence-corrected chi connectivity index (χ2v) is 8.04. The number of carbonyl (C=O) groups is 2. The van der Waals surface area contributed by atoms with Crippen molar-refractivity contribution in [3.63, 3.8) is 0 Å². The topological polar surface area (TPSA) is 52.6 Å². The van der Waals surface area contributed by atoms with E-state index in [1.165, 1.54) is 13.8 Å². The Balaban J connectivity index is 3.32. The minimum Gasteiger partial charge on any atom is -0.465 e. The maximum absolute atomic E-state index is 14.2. The summed E-state index contributed by atoms with van der Waals surface area (Å²) in [6, 6.07) is 0. The quantitative estimate of drug-likeness (QED) is 0.119. The highest BCUT2D eigenvalue weighted by Crippen LogP contribution is 2.58. The predicted molar refractivity (Wildman–Crippen MR) is 96.3 cm³/mol. The molecule has 182 valence electrons. The van der Waals surface area contributed by atoms with Gasteiger partial charge in [-0.3, -0.25) is 9.59 Å². The SMILES string of the molecule is CCOC(=O)C1(C(=O)OCC)CC(CI)C(CC(F)(F)C(F)(F)C(F)(F)C(F)(F)F)C1. The van der Waals surface area contributed by atoms with Crippen LogP contribution in [0.1, 0.15) is 33.1 Å². The second kappa shape index (κ2) is 9.49. The molecule has 1 saturated carbocycles. The number of carbonyl (C=O) groups excluding carboxylic acids is 2. The largest absolute Gasteiger partial charge is 0.465 e. The Morgan fingerprint density at radius 2 is 1.26 bits per heavy atom. The molecule has 1 aliphatic rings. The van der Waals surface area contributed by atoms with E-state index >= 15 is 0 Å². The fourth-order valence-corrected chi connectivity index (χ4v) is 4.58. The van der Waals surface area contributed by atoms with Gasteiger partial charge in [-0.05, 0) is 38.5 Å². The van der Waals surface area contributed by atoms with E-state index in [1.807, 2.05) is 0 Å². The highest BCUT2D eigenvalue weighted by Gasteiger charge is 2.81. The molecule has 0 aliphatic heterocycles. The third kappa shape index (κ3) is 5.02. The van der Waals surface area contributed by atoms with E-state index in [0.29, 0.717) is 0 Å². The van der Waals surface area contributed by atoms with Crippen molar-refractivity contribution >= 4 is 34.5 Å². The first-order valence-corrected chi connectivity index (χ1v) is 10.6. The van der Waals surface area contributed by atoms with Crippen LogP contribution in [0.15, 0.2) is 0 Å². The number of rotatable bonds is 9. The Morgan fingerprint density at radius 1 is 0.839 bits per heavy atom. The van der Waals surface area contributed by atoms with E-state index in [0.717, 1.165) is 0 Å². The molecule has 0 spiro atoms. The molecule has 1 rings (SSSR count). The first-order valence-electron chi connectivity index (χ1n) is 9.05. The molecule has 0 aromatic rings. The van der Waals surface area contributed by atoms with Crippen LogP contribution in [0.4, 0.5) is 39.5 Å². The van der Waals surface area contributed by atoms with Crippen molar-refractivity contribution in [1.82, 2.24) is 0 Å². The van der Waals surface area contributed by atoms with Gasteiger partial charge >= 0.3 is 35.9 Å². The third-order valence-electron chi connectivity index (χ3n) is 5.15. The Labute approximate surface area is 185 Å². The van der Waals surface area contributed by atoms with Crippen molar-refractivity contribution in [2.45, 2.75) is 57.1 Å². The monoisotopic (exact) mass is 586 g/mol. The second-order valence-electron chi connectivity index (χ2n) is 7.16. The van der Waals surface area contributed by atoms with Crippen molar-refractivity contribution in [3.8, 4) is 0 Å². The molecule has 0 N–H and O–H groups in total. The number of hydrogen-bond donors (Lipinski definition) is 0. The van der Waals surface area contributed by atoms with Crippen LogP contribution in [0, 0.1) is 17.3 Å². The molecule has 31 heavy (non-hydrogen) atoms. The zero-order valence-corrected chi connectivity index (χ0v) is 18.5. The molecule has 14 heteroatoms. The Kier molecular flexibility index (Phi) is 8.60. The van der Waals surface area contributed by atoms with Crippen molar-refractivity contribution < 1.29 is 58.6 Å². The molecular weight excluding hydrogens is 566 g/mol. The molecule has 0 heterocycles. The van der Waals surface area contributed by atoms with Gasteiger partial charge < -0.3 is 9.47 Å². The van der Waals surface area contributed by atoms with Gasteiger partial charge in [0.2, 0.25) is 0 Å². The van der Waals surface area contributed by atoms with E-state index < -0.39 is 72.4 Å². The van der Waals surface area contributed by atoms with Gasteiger partial charge in [0.1, 0.15) is 0 Å². The summed E-state index contributed by atoms with van der Waals surface area (Å²) >= 11 is 1.65. The summed E-state index contributed by atoms with van der Waals surface area (Å²) in [5.41, 5.74) is -2.15. The summed E-state index contributed by atoms with van der Waals surface area (Å²) in [4.78, 5) is 24.8. The van der Waals surface area contributed by atoms with Gasteiger partial charge in [0.25, 0.3) is 0 Å². The zero-order valence-electron chi connectivity index (χ0n) is 16.3. The molecule has 1 fully saturated rings. The summed E-state index contributed by atoms with van der Waals surface area (Å²) in [7, 11) is 0. The van der Waals surface area contributed by atoms with Gasteiger partial charge in [0.05, 0.1) is 13.2 Å². The maximum Gasteiger partial charge on any atom is 0.460 e. The average molecular weight is 586 g/mol. The van der Waals surface area contributed by atoms with Crippen molar-refractivity contribution in [3.05, 3.63) is 0 Å². The van der Waals surface area contributed by atoms with Gasteiger partial charge in [0.15, 0.2) is 5.41 Å². The van der Waals surface area contributed by atoms with Gasteiger partial charge in [0, 0.05) is 10.8 Å². The van der Waals surface area contributed by atoms with Crippen LogP contribution in [-0.4, -0.2) is 53.5 Å². The molecule has 0 aromatic heterocycles. The standard InChI is InChI=1S/C17H20F9IO4/c1-3-30-11(28)13(12(29)31-4-2)5-9(10(6-13)8-27)7-14(18,19)15(20,21)16(22,23)17(24,25)26/h9-10H,3-8H2,1-2H3. The van der Waals surface area contributed by atoms with Crippen LogP contribution in [0.25, 0.3) is 0 Å². The Bertz CT molecular complexity index is 648. The first kappa shape index (κ1) is 28.1. The van der Waals surface area contributed by atoms with E-state index in [2.05, 4.69) is 0 Å². The summed E-state index contributed by atoms with van der Waals surface area (Å²) in [5.74, 6) is -24.6. The predicted octanol–water partition coefficient (Wildman–Crippen LogP) is 5.42. The maximum atomic E-state index is 14.2. The number of halogens is 10. The van der Waals surface area contributed by atoms with Gasteiger partial charge in [-0.25, -0.2) is 0 Å². The fourth-order valence-electron chi connectivity index (χ4n) is 3.55. The average Bonchev–Trinajstić information content (AvgIpc) is 3.00. The van der Waals surface area contributed by atoms with Crippen molar-refractivity contribution in [1.29, 1.82) is 0 Å². The van der Waals surface area contributed by atoms with E-state index in [-0.39, 0.29) is 17.6 Å². The fraction of sp³-hybridized carbons (Fsp3) is 0.882. The van der Waals surface area contributed by atoms with Crippen LogP contribution >= 0.6 is 22.6 Å². The minimum absolute atomic E-state index is 0.0691. The molecule has 0 bridgehead atoms. The van der Waals surface area contributed by atoms with E-state index in [1.54, 1.807) is 22.6 Å². The molecule has 0 amide bonds. The highest BCUT2D eigenvalue weighted by atomic mass is 127. The van der Waals surface area contributed by atoms with E-state index in [9.17, 15) is 49.1 Å². The number of esters is 2. The van der Waals surface area contributed by atoms with Crippen LogP contribution in [0.2, 0.25) is 0 Å². The number of ether oxygens (including phenoxy) is 2. The minimum atomic E-state index is -7.00. The zero-order chi connectivity index (χ0) is 24.5. The third-order valence-corrected chi connectivity index (χ3v) is 6.28. The molecule has 4 nitrogen and oxygen atoms in total. The summed E-state index contributed by atoms with van der Waals surface area (Å²) in [5, 5.41) is 0. The molecule has 0 aromatic carbocycles. The molecule has 1 aliphatic carbocycles. The summed E-state index contributed by atoms with van der Waals surface area (Å²) in [6.07, 6.45) is -10.3. The van der Waals surface area contributed by atoms with Crippen LogP contribution in [0.5, 0.6) is 0 Å². The summed E-state index contributed by atoms with van der Waals surface area (Å²) in [6.45, 7) is 2.33. The molecule has 0 saturated heterocycles. The van der Waals surface area contributed by atoms with Gasteiger partial charge in [-0.2, -0.15) is 39.5 Å². The number of hydrogen-bond acceptors (Lipinski definition) is 4. The van der Waals surface area contributed by atoms with Crippen molar-refractivity contribution in [2.24, 2.45) is 17.3 Å². The lowest BCUT2D eigenvalue weighted by atomic mass is 9.83. The number of alkyl halides is 10. The van der Waals surface area contributed by atoms with Crippen molar-refractivity contribution in [2.75, 3.05) is 17.6 Å². The smallest absolute Gasteiger partial charge is 0.460 e. The molecule has 2 unspecified atom stereocenters. The molecule has 2 atom stereocenters. The lowest BCUT2D eigenvalue weighted by Crippen LogP contribution is -2.61. The van der Waals surface area contributed by atoms with Crippen LogP contribution < -0.4 is 0 Å². The molecular formula is C17H20F9IO4. The summed E-state index contributed by atoms with van der Waals surface area (Å²) < 4.78 is 129. The van der Waals surface area contributed by atoms with Crippen LogP contribution in [-0.2, 0) is 19.1 Å². The molecule has 0 radical (unpaired) electrons. The first-order chi connectivity index (χ1) is 13.9. The normalized spacial score (nSPS) is 22.3.